The molecule has 84 valence electrons. The molecule has 0 radical (unpaired) electrons. The Balaban J connectivity index is 2.53. The van der Waals surface area contributed by atoms with Gasteiger partial charge in [-0.25, -0.2) is 0 Å². The standard InChI is InChI=1S/C12H13NO2S/c1-13-9-6-4-3-5-8(9)7-10(13)11(14)12(15)16-2/h3-7,12,15H,1-2H3. The van der Waals surface area contributed by atoms with Gasteiger partial charge in [0.25, 0.3) is 0 Å². The third-order valence-electron chi connectivity index (χ3n) is 2.65. The van der Waals surface area contributed by atoms with Crippen LogP contribution < -0.4 is 0 Å². The van der Waals surface area contributed by atoms with E-state index < -0.39 is 5.44 Å². The lowest BCUT2D eigenvalue weighted by molar-refractivity contribution is 0.0861. The minimum absolute atomic E-state index is 0.244. The van der Waals surface area contributed by atoms with Crippen LogP contribution in [0, 0.1) is 0 Å². The molecule has 4 heteroatoms. The molecule has 1 atom stereocenters. The lowest BCUT2D eigenvalue weighted by atomic mass is 10.2. The van der Waals surface area contributed by atoms with E-state index >= 15 is 0 Å². The minimum atomic E-state index is -0.983. The van der Waals surface area contributed by atoms with Crippen molar-refractivity contribution >= 4 is 28.4 Å². The summed E-state index contributed by atoms with van der Waals surface area (Å²) in [6.07, 6.45) is 1.71. The van der Waals surface area contributed by atoms with Gasteiger partial charge in [-0.3, -0.25) is 4.79 Å². The van der Waals surface area contributed by atoms with Crippen LogP contribution in [0.15, 0.2) is 30.3 Å². The molecule has 1 heterocycles. The molecule has 1 aromatic carbocycles. The third kappa shape index (κ3) is 1.74. The number of aromatic nitrogens is 1. The van der Waals surface area contributed by atoms with Crippen LogP contribution >= 0.6 is 11.8 Å². The molecule has 2 aromatic rings. The van der Waals surface area contributed by atoms with Gasteiger partial charge in [-0.15, -0.1) is 11.8 Å². The van der Waals surface area contributed by atoms with Crippen molar-refractivity contribution in [3.8, 4) is 0 Å². The second-order valence-electron chi connectivity index (χ2n) is 3.60. The molecule has 0 saturated heterocycles. The largest absolute Gasteiger partial charge is 0.374 e. The van der Waals surface area contributed by atoms with Gasteiger partial charge < -0.3 is 9.67 Å². The number of hydrogen-bond donors (Lipinski definition) is 1. The van der Waals surface area contributed by atoms with Gasteiger partial charge in [-0.1, -0.05) is 18.2 Å². The average Bonchev–Trinajstić information content (AvgIpc) is 2.65. The van der Waals surface area contributed by atoms with Crippen molar-refractivity contribution in [1.29, 1.82) is 0 Å². The van der Waals surface area contributed by atoms with Gasteiger partial charge in [0.15, 0.2) is 5.44 Å². The minimum Gasteiger partial charge on any atom is -0.374 e. The second kappa shape index (κ2) is 4.31. The van der Waals surface area contributed by atoms with Gasteiger partial charge in [0.1, 0.15) is 0 Å². The van der Waals surface area contributed by atoms with Crippen LogP contribution in [0.5, 0.6) is 0 Å². The number of aryl methyl sites for hydroxylation is 1. The number of thioether (sulfide) groups is 1. The number of carbonyl (C=O) groups excluding carboxylic acids is 1. The number of aliphatic hydroxyl groups is 1. The fourth-order valence-corrected chi connectivity index (χ4v) is 2.09. The Labute approximate surface area is 98.1 Å². The van der Waals surface area contributed by atoms with E-state index in [9.17, 15) is 9.90 Å². The number of carbonyl (C=O) groups is 1. The van der Waals surface area contributed by atoms with Crippen molar-refractivity contribution in [2.75, 3.05) is 6.26 Å². The molecule has 1 N–H and O–H groups in total. The van der Waals surface area contributed by atoms with Crippen molar-refractivity contribution < 1.29 is 9.90 Å². The van der Waals surface area contributed by atoms with E-state index in [1.807, 2.05) is 41.9 Å². The summed E-state index contributed by atoms with van der Waals surface area (Å²) in [5.41, 5.74) is 0.560. The molecule has 0 spiro atoms. The smallest absolute Gasteiger partial charge is 0.217 e. The summed E-state index contributed by atoms with van der Waals surface area (Å²) in [6, 6.07) is 9.59. The molecule has 0 amide bonds. The molecular formula is C12H13NO2S. The Hall–Kier alpha value is -1.26. The molecule has 0 aliphatic heterocycles. The first-order valence-electron chi connectivity index (χ1n) is 4.94. The molecule has 16 heavy (non-hydrogen) atoms. The molecule has 1 aromatic heterocycles. The van der Waals surface area contributed by atoms with Crippen molar-refractivity contribution in [1.82, 2.24) is 4.57 Å². The molecular weight excluding hydrogens is 222 g/mol. The van der Waals surface area contributed by atoms with Crippen molar-refractivity contribution in [3.63, 3.8) is 0 Å². The lowest BCUT2D eigenvalue weighted by Gasteiger charge is -2.07. The summed E-state index contributed by atoms with van der Waals surface area (Å²) in [6.45, 7) is 0. The van der Waals surface area contributed by atoms with Gasteiger partial charge in [0.2, 0.25) is 5.78 Å². The number of hydrogen-bond acceptors (Lipinski definition) is 3. The fraction of sp³-hybridized carbons (Fsp3) is 0.250. The number of rotatable bonds is 3. The number of benzene rings is 1. The quantitative estimate of drug-likeness (QED) is 0.654. The van der Waals surface area contributed by atoms with Crippen molar-refractivity contribution in [2.45, 2.75) is 5.44 Å². The number of fused-ring (bicyclic) bond motifs is 1. The molecule has 3 nitrogen and oxygen atoms in total. The highest BCUT2D eigenvalue weighted by molar-refractivity contribution is 7.99. The number of ketones is 1. The van der Waals surface area contributed by atoms with E-state index in [1.165, 1.54) is 0 Å². The van der Waals surface area contributed by atoms with Crippen molar-refractivity contribution in [2.24, 2.45) is 7.05 Å². The third-order valence-corrected chi connectivity index (χ3v) is 3.31. The first kappa shape index (κ1) is 11.2. The summed E-state index contributed by atoms with van der Waals surface area (Å²) < 4.78 is 1.82. The van der Waals surface area contributed by atoms with Crippen LogP contribution in [0.25, 0.3) is 10.9 Å². The number of Topliss-reactive ketones (excluding diaryl/α,β-unsaturated/α-hetero) is 1. The van der Waals surface area contributed by atoms with Crippen LogP contribution in [0.3, 0.4) is 0 Å². The number of nitrogens with zero attached hydrogens (tertiary/aromatic N) is 1. The average molecular weight is 235 g/mol. The summed E-state index contributed by atoms with van der Waals surface area (Å²) in [7, 11) is 1.84. The Morgan fingerprint density at radius 1 is 1.44 bits per heavy atom. The van der Waals surface area contributed by atoms with E-state index in [-0.39, 0.29) is 5.78 Å². The Morgan fingerprint density at radius 3 is 2.75 bits per heavy atom. The van der Waals surface area contributed by atoms with E-state index in [1.54, 1.807) is 6.26 Å². The predicted octanol–water partition coefficient (Wildman–Crippen LogP) is 2.04. The maximum absolute atomic E-state index is 11.9. The van der Waals surface area contributed by atoms with E-state index in [2.05, 4.69) is 0 Å². The maximum atomic E-state index is 11.9. The molecule has 0 bridgehead atoms. The summed E-state index contributed by atoms with van der Waals surface area (Å²) in [4.78, 5) is 11.9. The second-order valence-corrected chi connectivity index (χ2v) is 4.52. The molecule has 1 unspecified atom stereocenters. The zero-order valence-corrected chi connectivity index (χ0v) is 9.99. The van der Waals surface area contributed by atoms with E-state index in [0.29, 0.717) is 5.69 Å². The van der Waals surface area contributed by atoms with Crippen LogP contribution in [0.1, 0.15) is 10.5 Å². The SMILES string of the molecule is CSC(O)C(=O)c1cc2ccccc2n1C. The first-order valence-corrected chi connectivity index (χ1v) is 6.23. The molecule has 0 saturated carbocycles. The summed E-state index contributed by atoms with van der Waals surface area (Å²) in [5, 5.41) is 10.5. The van der Waals surface area contributed by atoms with Crippen LogP contribution in [-0.4, -0.2) is 27.1 Å². The molecule has 0 aliphatic carbocycles. The predicted molar refractivity (Wildman–Crippen MR) is 66.8 cm³/mol. The fourth-order valence-electron chi connectivity index (χ4n) is 1.76. The Bertz CT molecular complexity index is 533. The topological polar surface area (TPSA) is 42.2 Å². The van der Waals surface area contributed by atoms with Crippen LogP contribution in [0.4, 0.5) is 0 Å². The van der Waals surface area contributed by atoms with Gasteiger partial charge in [0, 0.05) is 18.0 Å². The maximum Gasteiger partial charge on any atom is 0.217 e. The number of para-hydroxylation sites is 1. The van der Waals surface area contributed by atoms with Gasteiger partial charge in [-0.05, 0) is 18.4 Å². The van der Waals surface area contributed by atoms with Crippen LogP contribution in [0.2, 0.25) is 0 Å². The van der Waals surface area contributed by atoms with Gasteiger partial charge in [0.05, 0.1) is 5.69 Å². The molecule has 0 aliphatic rings. The Morgan fingerprint density at radius 2 is 2.12 bits per heavy atom. The normalized spacial score (nSPS) is 12.9. The summed E-state index contributed by atoms with van der Waals surface area (Å²) in [5.74, 6) is -0.244. The Kier molecular flexibility index (Phi) is 3.03. The monoisotopic (exact) mass is 235 g/mol. The zero-order chi connectivity index (χ0) is 11.7. The highest BCUT2D eigenvalue weighted by Crippen LogP contribution is 2.21. The first-order chi connectivity index (χ1) is 7.65. The van der Waals surface area contributed by atoms with Crippen LogP contribution in [-0.2, 0) is 7.05 Å². The van der Waals surface area contributed by atoms with E-state index in [0.717, 1.165) is 22.7 Å². The summed E-state index contributed by atoms with van der Waals surface area (Å²) >= 11 is 1.14. The molecule has 0 fully saturated rings. The highest BCUT2D eigenvalue weighted by atomic mass is 32.2. The van der Waals surface area contributed by atoms with E-state index in [4.69, 9.17) is 0 Å². The van der Waals surface area contributed by atoms with Crippen molar-refractivity contribution in [3.05, 3.63) is 36.0 Å². The van der Waals surface area contributed by atoms with Gasteiger partial charge in [-0.2, -0.15) is 0 Å². The molecule has 2 rings (SSSR count). The zero-order valence-electron chi connectivity index (χ0n) is 9.18. The van der Waals surface area contributed by atoms with Gasteiger partial charge >= 0.3 is 0 Å². The highest BCUT2D eigenvalue weighted by Gasteiger charge is 2.19. The number of aliphatic hydroxyl groups excluding tert-OH is 1. The lowest BCUT2D eigenvalue weighted by Crippen LogP contribution is -2.18.